The van der Waals surface area contributed by atoms with Crippen LogP contribution in [0.4, 0.5) is 0 Å². The van der Waals surface area contributed by atoms with Gasteiger partial charge in [-0.3, -0.25) is 4.90 Å². The van der Waals surface area contributed by atoms with E-state index in [1.807, 2.05) is 6.07 Å². The Morgan fingerprint density at radius 3 is 2.50 bits per heavy atom. The fourth-order valence-electron chi connectivity index (χ4n) is 2.42. The van der Waals surface area contributed by atoms with Crippen LogP contribution in [0, 0.1) is 0 Å². The molecule has 2 rings (SSSR count). The summed E-state index contributed by atoms with van der Waals surface area (Å²) in [6.07, 6.45) is 0. The van der Waals surface area contributed by atoms with Crippen molar-refractivity contribution in [2.75, 3.05) is 13.1 Å². The Labute approximate surface area is 107 Å². The van der Waals surface area contributed by atoms with Gasteiger partial charge >= 0.3 is 0 Å². The Kier molecular flexibility index (Phi) is 3.90. The standard InChI is InChI=1S/C12H19ClN2S/c1-8-6-15(7-9(2)14-8)10(3)11-4-5-12(13)16-11/h4-5,8-10,14H,6-7H2,1-3H3. The van der Waals surface area contributed by atoms with Crippen molar-refractivity contribution in [2.45, 2.75) is 38.9 Å². The van der Waals surface area contributed by atoms with Crippen LogP contribution in [0.15, 0.2) is 12.1 Å². The quantitative estimate of drug-likeness (QED) is 0.877. The normalized spacial score (nSPS) is 29.2. The molecule has 1 N–H and O–H groups in total. The lowest BCUT2D eigenvalue weighted by atomic mass is 10.1. The van der Waals surface area contributed by atoms with Crippen molar-refractivity contribution in [3.05, 3.63) is 21.3 Å². The van der Waals surface area contributed by atoms with Crippen LogP contribution >= 0.6 is 22.9 Å². The zero-order valence-corrected chi connectivity index (χ0v) is 11.6. The molecule has 0 saturated carbocycles. The molecule has 3 unspecified atom stereocenters. The topological polar surface area (TPSA) is 15.3 Å². The van der Waals surface area contributed by atoms with Gasteiger partial charge in [-0.2, -0.15) is 0 Å². The molecule has 0 radical (unpaired) electrons. The molecular formula is C12H19ClN2S. The third-order valence-electron chi connectivity index (χ3n) is 3.14. The van der Waals surface area contributed by atoms with E-state index in [9.17, 15) is 0 Å². The van der Waals surface area contributed by atoms with Crippen molar-refractivity contribution in [1.82, 2.24) is 10.2 Å². The second-order valence-corrected chi connectivity index (χ2v) is 6.49. The molecule has 0 aliphatic carbocycles. The fourth-order valence-corrected chi connectivity index (χ4v) is 3.57. The summed E-state index contributed by atoms with van der Waals surface area (Å²) in [5.41, 5.74) is 0. The van der Waals surface area contributed by atoms with Gasteiger partial charge in [-0.25, -0.2) is 0 Å². The van der Waals surface area contributed by atoms with E-state index >= 15 is 0 Å². The highest BCUT2D eigenvalue weighted by Gasteiger charge is 2.25. The van der Waals surface area contributed by atoms with Gasteiger partial charge in [-0.1, -0.05) is 11.6 Å². The molecule has 0 amide bonds. The van der Waals surface area contributed by atoms with E-state index in [-0.39, 0.29) is 0 Å². The third-order valence-corrected chi connectivity index (χ3v) is 4.54. The van der Waals surface area contributed by atoms with Crippen molar-refractivity contribution in [1.29, 1.82) is 0 Å². The molecule has 90 valence electrons. The van der Waals surface area contributed by atoms with Gasteiger partial charge in [0.25, 0.3) is 0 Å². The smallest absolute Gasteiger partial charge is 0.0931 e. The van der Waals surface area contributed by atoms with E-state index in [1.54, 1.807) is 11.3 Å². The lowest BCUT2D eigenvalue weighted by Crippen LogP contribution is -2.54. The van der Waals surface area contributed by atoms with Gasteiger partial charge in [-0.05, 0) is 32.9 Å². The highest BCUT2D eigenvalue weighted by molar-refractivity contribution is 7.16. The summed E-state index contributed by atoms with van der Waals surface area (Å²) in [6.45, 7) is 8.99. The molecule has 1 fully saturated rings. The molecule has 3 atom stereocenters. The van der Waals surface area contributed by atoms with Crippen LogP contribution in [0.5, 0.6) is 0 Å². The maximum absolute atomic E-state index is 5.99. The SMILES string of the molecule is CC1CN(C(C)c2ccc(Cl)s2)CC(C)N1. The van der Waals surface area contributed by atoms with Crippen LogP contribution in [0.2, 0.25) is 4.34 Å². The zero-order chi connectivity index (χ0) is 11.7. The van der Waals surface area contributed by atoms with Gasteiger partial charge in [0, 0.05) is 36.1 Å². The maximum Gasteiger partial charge on any atom is 0.0931 e. The van der Waals surface area contributed by atoms with Crippen LogP contribution in [0.3, 0.4) is 0 Å². The summed E-state index contributed by atoms with van der Waals surface area (Å²) in [7, 11) is 0. The Morgan fingerprint density at radius 2 is 2.00 bits per heavy atom. The number of halogens is 1. The summed E-state index contributed by atoms with van der Waals surface area (Å²) in [6, 6.07) is 5.76. The highest BCUT2D eigenvalue weighted by Crippen LogP contribution is 2.31. The average Bonchev–Trinajstić information content (AvgIpc) is 2.62. The summed E-state index contributed by atoms with van der Waals surface area (Å²) in [5.74, 6) is 0. The summed E-state index contributed by atoms with van der Waals surface area (Å²) >= 11 is 7.68. The van der Waals surface area contributed by atoms with Crippen molar-refractivity contribution >= 4 is 22.9 Å². The molecule has 0 bridgehead atoms. The Balaban J connectivity index is 2.06. The molecule has 2 heterocycles. The Hall–Kier alpha value is -0.0900. The van der Waals surface area contributed by atoms with Crippen molar-refractivity contribution < 1.29 is 0 Å². The van der Waals surface area contributed by atoms with Gasteiger partial charge in [-0.15, -0.1) is 11.3 Å². The minimum Gasteiger partial charge on any atom is -0.309 e. The van der Waals surface area contributed by atoms with Crippen LogP contribution in [0.1, 0.15) is 31.7 Å². The number of hydrogen-bond acceptors (Lipinski definition) is 3. The fraction of sp³-hybridized carbons (Fsp3) is 0.667. The van der Waals surface area contributed by atoms with Crippen molar-refractivity contribution in [3.8, 4) is 0 Å². The van der Waals surface area contributed by atoms with Gasteiger partial charge in [0.1, 0.15) is 0 Å². The molecule has 1 aliphatic heterocycles. The molecule has 2 nitrogen and oxygen atoms in total. The van der Waals surface area contributed by atoms with Gasteiger partial charge < -0.3 is 5.32 Å². The van der Waals surface area contributed by atoms with Crippen LogP contribution in [-0.4, -0.2) is 30.1 Å². The number of nitrogens with one attached hydrogen (secondary N) is 1. The number of nitrogens with zero attached hydrogens (tertiary/aromatic N) is 1. The molecule has 1 aromatic heterocycles. The van der Waals surface area contributed by atoms with Crippen molar-refractivity contribution in [3.63, 3.8) is 0 Å². The highest BCUT2D eigenvalue weighted by atomic mass is 35.5. The van der Waals surface area contributed by atoms with E-state index in [2.05, 4.69) is 37.1 Å². The van der Waals surface area contributed by atoms with Gasteiger partial charge in [0.05, 0.1) is 4.34 Å². The molecular weight excluding hydrogens is 240 g/mol. The third kappa shape index (κ3) is 2.77. The predicted octanol–water partition coefficient (Wildman–Crippen LogP) is 3.14. The first-order valence-corrected chi connectivity index (χ1v) is 7.01. The minimum absolute atomic E-state index is 0.476. The minimum atomic E-state index is 0.476. The maximum atomic E-state index is 5.99. The lowest BCUT2D eigenvalue weighted by molar-refractivity contribution is 0.133. The first-order chi connectivity index (χ1) is 7.56. The lowest BCUT2D eigenvalue weighted by Gasteiger charge is -2.39. The summed E-state index contributed by atoms with van der Waals surface area (Å²) < 4.78 is 0.887. The summed E-state index contributed by atoms with van der Waals surface area (Å²) in [5, 5.41) is 3.56. The Bertz CT molecular complexity index is 343. The largest absolute Gasteiger partial charge is 0.309 e. The first kappa shape index (κ1) is 12.4. The van der Waals surface area contributed by atoms with E-state index in [4.69, 9.17) is 11.6 Å². The average molecular weight is 259 g/mol. The monoisotopic (exact) mass is 258 g/mol. The molecule has 0 spiro atoms. The number of thiophene rings is 1. The van der Waals surface area contributed by atoms with E-state index in [0.29, 0.717) is 18.1 Å². The zero-order valence-electron chi connectivity index (χ0n) is 10.0. The Morgan fingerprint density at radius 1 is 1.38 bits per heavy atom. The van der Waals surface area contributed by atoms with Crippen LogP contribution in [0.25, 0.3) is 0 Å². The van der Waals surface area contributed by atoms with E-state index in [1.165, 1.54) is 4.88 Å². The molecule has 16 heavy (non-hydrogen) atoms. The van der Waals surface area contributed by atoms with Crippen LogP contribution < -0.4 is 5.32 Å². The van der Waals surface area contributed by atoms with Gasteiger partial charge in [0.15, 0.2) is 0 Å². The number of rotatable bonds is 2. The van der Waals surface area contributed by atoms with E-state index in [0.717, 1.165) is 17.4 Å². The first-order valence-electron chi connectivity index (χ1n) is 5.81. The second-order valence-electron chi connectivity index (χ2n) is 4.74. The number of piperazine rings is 1. The molecule has 1 aromatic rings. The molecule has 1 saturated heterocycles. The molecule has 0 aromatic carbocycles. The van der Waals surface area contributed by atoms with Crippen molar-refractivity contribution in [2.24, 2.45) is 0 Å². The van der Waals surface area contributed by atoms with Gasteiger partial charge in [0.2, 0.25) is 0 Å². The summed E-state index contributed by atoms with van der Waals surface area (Å²) in [4.78, 5) is 3.90. The molecule has 4 heteroatoms. The van der Waals surface area contributed by atoms with E-state index < -0.39 is 0 Å². The number of hydrogen-bond donors (Lipinski definition) is 1. The molecule has 1 aliphatic rings. The van der Waals surface area contributed by atoms with Crippen LogP contribution in [-0.2, 0) is 0 Å². The second kappa shape index (κ2) is 5.05. The predicted molar refractivity (Wildman–Crippen MR) is 71.4 cm³/mol.